The number of likely N-dealkylation sites (tertiary alicyclic amines) is 1. The Morgan fingerprint density at radius 2 is 1.83 bits per heavy atom. The Balaban J connectivity index is 0.000000617. The van der Waals surface area contributed by atoms with Gasteiger partial charge in [0.15, 0.2) is 10.8 Å². The number of aliphatic carboxylic acids is 2. The molecule has 5 rings (SSSR count). The molecule has 0 spiro atoms. The number of thiazole rings is 1. The third kappa shape index (κ3) is 7.28. The number of anilines is 1. The number of nitrogens with one attached hydrogen (secondary N) is 1. The Morgan fingerprint density at radius 3 is 2.37 bits per heavy atom. The summed E-state index contributed by atoms with van der Waals surface area (Å²) in [6.07, 6.45) is -3.18. The van der Waals surface area contributed by atoms with Crippen LogP contribution in [0.15, 0.2) is 57.7 Å². The van der Waals surface area contributed by atoms with Gasteiger partial charge in [-0.05, 0) is 35.8 Å². The van der Waals surface area contributed by atoms with Crippen LogP contribution in [0.2, 0.25) is 0 Å². The van der Waals surface area contributed by atoms with Crippen molar-refractivity contribution in [1.82, 2.24) is 20.1 Å². The minimum atomic E-state index is -5.08. The lowest BCUT2D eigenvalue weighted by Crippen LogP contribution is -2.71. The summed E-state index contributed by atoms with van der Waals surface area (Å²) < 4.78 is 44.9. The highest BCUT2D eigenvalue weighted by atomic mass is 32.2. The molecule has 14 nitrogen and oxygen atoms in total. The van der Waals surface area contributed by atoms with Gasteiger partial charge in [0.05, 0.1) is 0 Å². The number of alkyl halides is 3. The van der Waals surface area contributed by atoms with Crippen LogP contribution in [-0.4, -0.2) is 95.5 Å². The third-order valence-corrected chi connectivity index (χ3v) is 8.63. The average molecular weight is 687 g/mol. The van der Waals surface area contributed by atoms with Crippen molar-refractivity contribution < 1.29 is 57.0 Å². The molecule has 2 atom stereocenters. The van der Waals surface area contributed by atoms with Crippen LogP contribution < -0.4 is 11.1 Å². The first kappa shape index (κ1) is 33.9. The van der Waals surface area contributed by atoms with Crippen LogP contribution in [0.25, 0.3) is 0 Å². The van der Waals surface area contributed by atoms with Crippen molar-refractivity contribution in [3.63, 3.8) is 0 Å². The summed E-state index contributed by atoms with van der Waals surface area (Å²) >= 11 is 2.27. The van der Waals surface area contributed by atoms with Gasteiger partial charge >= 0.3 is 18.1 Å². The molecule has 20 heteroatoms. The number of β-lactam (4-membered cyclic amide) rings is 1. The summed E-state index contributed by atoms with van der Waals surface area (Å²) in [4.78, 5) is 66.3. The minimum absolute atomic E-state index is 0.0344. The number of thioether (sulfide) groups is 1. The zero-order valence-electron chi connectivity index (χ0n) is 23.0. The molecule has 3 aliphatic heterocycles. The number of carboxylic acids is 2. The number of nitrogens with two attached hydrogens (primary N) is 1. The fourth-order valence-electron chi connectivity index (χ4n) is 4.55. The van der Waals surface area contributed by atoms with E-state index >= 15 is 0 Å². The van der Waals surface area contributed by atoms with Crippen molar-refractivity contribution >= 4 is 63.6 Å². The van der Waals surface area contributed by atoms with Gasteiger partial charge in [0.1, 0.15) is 28.6 Å². The second-order valence-electron chi connectivity index (χ2n) is 9.64. The van der Waals surface area contributed by atoms with E-state index < -0.39 is 47.1 Å². The highest BCUT2D eigenvalue weighted by molar-refractivity contribution is 8.00. The maximum absolute atomic E-state index is 13.2. The second-order valence-corrected chi connectivity index (χ2v) is 11.6. The highest BCUT2D eigenvalue weighted by Gasteiger charge is 2.54. The zero-order valence-corrected chi connectivity index (χ0v) is 24.7. The number of allylic oxidation sites excluding steroid dienone is 1. The number of halogens is 4. The lowest BCUT2D eigenvalue weighted by atomic mass is 10.0. The van der Waals surface area contributed by atoms with Gasteiger partial charge in [-0.15, -0.1) is 23.1 Å². The molecule has 3 amide bonds. The lowest BCUT2D eigenvalue weighted by molar-refractivity contribution is -0.192. The highest BCUT2D eigenvalue weighted by Crippen LogP contribution is 2.41. The first-order valence-corrected chi connectivity index (χ1v) is 14.7. The SMILES string of the molecule is Nc1nc(/C(=N/O)C(=O)N[C@@H]2C(=O)N3C(C(=O)O)=C(/C=C4\CCN(Cc5ccc(F)cc5)C4=O)CS[C@H]23)cs1.O=C(O)C(F)(F)F. The monoisotopic (exact) mass is 686 g/mol. The maximum atomic E-state index is 13.2. The molecule has 244 valence electrons. The number of carbonyl (C=O) groups excluding carboxylic acids is 3. The van der Waals surface area contributed by atoms with E-state index in [1.54, 1.807) is 17.0 Å². The summed E-state index contributed by atoms with van der Waals surface area (Å²) in [6.45, 7) is 0.709. The molecule has 0 bridgehead atoms. The van der Waals surface area contributed by atoms with Crippen LogP contribution in [0.4, 0.5) is 22.7 Å². The van der Waals surface area contributed by atoms with Crippen molar-refractivity contribution in [2.45, 2.75) is 30.6 Å². The molecule has 1 aromatic heterocycles. The zero-order chi connectivity index (χ0) is 33.9. The molecule has 6 N–H and O–H groups in total. The van der Waals surface area contributed by atoms with Crippen LogP contribution in [0.3, 0.4) is 0 Å². The van der Waals surface area contributed by atoms with Crippen molar-refractivity contribution in [1.29, 1.82) is 0 Å². The summed E-state index contributed by atoms with van der Waals surface area (Å²) in [5, 5.41) is 32.7. The van der Waals surface area contributed by atoms with E-state index in [1.165, 1.54) is 35.4 Å². The molecule has 0 unspecified atom stereocenters. The number of nitrogens with zero attached hydrogens (tertiary/aromatic N) is 4. The summed E-state index contributed by atoms with van der Waals surface area (Å²) in [6, 6.07) is 4.77. The number of nitrogen functional groups attached to an aromatic ring is 1. The Bertz CT molecular complexity index is 1670. The van der Waals surface area contributed by atoms with E-state index in [0.717, 1.165) is 21.8 Å². The summed E-state index contributed by atoms with van der Waals surface area (Å²) in [5.74, 6) is -6.07. The van der Waals surface area contributed by atoms with E-state index in [0.29, 0.717) is 24.1 Å². The standard InChI is InChI=1S/C24H21FN6O6S2.C2HF3O2/c25-14-3-1-11(2-4-14)8-30-6-5-12(20(30)33)7-13-9-38-22-17(21(34)31(22)18(13)23(35)36)28-19(32)16(29-37)15-10-39-24(26)27-15;3-2(4,5)1(6)7/h1-4,7,10,17,22,37H,5-6,8-9H2,(H2,26,27)(H,28,32)(H,35,36);(H,6,7)/b12-7+,29-16-;/t17-,22-;/m1./s1. The molecule has 1 aromatic carbocycles. The first-order chi connectivity index (χ1) is 21.6. The number of carboxylic acid groups (broad SMARTS) is 2. The summed E-state index contributed by atoms with van der Waals surface area (Å²) in [5.41, 5.74) is 6.40. The predicted molar refractivity (Wildman–Crippen MR) is 153 cm³/mol. The van der Waals surface area contributed by atoms with Crippen molar-refractivity contribution in [2.24, 2.45) is 5.16 Å². The molecule has 2 saturated heterocycles. The smallest absolute Gasteiger partial charge is 0.477 e. The second kappa shape index (κ2) is 13.6. The number of carbonyl (C=O) groups is 5. The van der Waals surface area contributed by atoms with Gasteiger partial charge in [-0.1, -0.05) is 17.3 Å². The average Bonchev–Trinajstić information content (AvgIpc) is 3.57. The molecule has 46 heavy (non-hydrogen) atoms. The van der Waals surface area contributed by atoms with Gasteiger partial charge < -0.3 is 31.4 Å². The van der Waals surface area contributed by atoms with Crippen LogP contribution in [0.5, 0.6) is 0 Å². The minimum Gasteiger partial charge on any atom is -0.477 e. The fourth-order valence-corrected chi connectivity index (χ4v) is 6.40. The molecule has 0 aliphatic carbocycles. The molecule has 2 fully saturated rings. The van der Waals surface area contributed by atoms with Gasteiger partial charge in [0.2, 0.25) is 5.91 Å². The van der Waals surface area contributed by atoms with Crippen molar-refractivity contribution in [2.75, 3.05) is 18.0 Å². The van der Waals surface area contributed by atoms with Gasteiger partial charge in [-0.2, -0.15) is 13.2 Å². The van der Waals surface area contributed by atoms with E-state index in [9.17, 15) is 47.1 Å². The van der Waals surface area contributed by atoms with Crippen LogP contribution in [0, 0.1) is 5.82 Å². The Kier molecular flexibility index (Phi) is 10.00. The van der Waals surface area contributed by atoms with E-state index in [2.05, 4.69) is 15.5 Å². The molecule has 3 aliphatic rings. The largest absolute Gasteiger partial charge is 0.490 e. The topological polar surface area (TPSA) is 216 Å². The number of rotatable bonds is 7. The van der Waals surface area contributed by atoms with E-state index in [1.807, 2.05) is 0 Å². The Hall–Kier alpha value is -4.98. The third-order valence-electron chi connectivity index (χ3n) is 6.66. The molecular weight excluding hydrogens is 664 g/mol. The number of oxime groups is 1. The molecule has 4 heterocycles. The van der Waals surface area contributed by atoms with Crippen molar-refractivity contribution in [3.05, 3.63) is 69.6 Å². The quantitative estimate of drug-likeness (QED) is 0.0707. The van der Waals surface area contributed by atoms with E-state index in [4.69, 9.17) is 15.6 Å². The van der Waals surface area contributed by atoms with Gasteiger partial charge in [0.25, 0.3) is 11.8 Å². The normalized spacial score (nSPS) is 20.6. The predicted octanol–water partition coefficient (Wildman–Crippen LogP) is 1.77. The lowest BCUT2D eigenvalue weighted by Gasteiger charge is -2.49. The van der Waals surface area contributed by atoms with Crippen LogP contribution in [0.1, 0.15) is 17.7 Å². The fraction of sp³-hybridized carbons (Fsp3) is 0.269. The number of aromatic nitrogens is 1. The Labute approximate surface area is 263 Å². The van der Waals surface area contributed by atoms with Crippen molar-refractivity contribution in [3.8, 4) is 0 Å². The number of benzene rings is 1. The summed E-state index contributed by atoms with van der Waals surface area (Å²) in [7, 11) is 0. The molecular formula is C26H22F4N6O8S2. The number of amides is 3. The van der Waals surface area contributed by atoms with Crippen LogP contribution >= 0.6 is 23.1 Å². The van der Waals surface area contributed by atoms with Crippen LogP contribution in [-0.2, 0) is 30.5 Å². The number of hydrogen-bond donors (Lipinski definition) is 5. The first-order valence-electron chi connectivity index (χ1n) is 12.8. The van der Waals surface area contributed by atoms with E-state index in [-0.39, 0.29) is 40.5 Å². The molecule has 2 aromatic rings. The molecule has 0 saturated carbocycles. The van der Waals surface area contributed by atoms with Gasteiger partial charge in [-0.25, -0.2) is 19.0 Å². The molecule has 0 radical (unpaired) electrons. The number of fused-ring (bicyclic) bond motifs is 1. The van der Waals surface area contributed by atoms with Gasteiger partial charge in [0, 0.05) is 29.8 Å². The number of hydrogen-bond acceptors (Lipinski definition) is 11. The van der Waals surface area contributed by atoms with Gasteiger partial charge in [-0.3, -0.25) is 19.3 Å². The maximum Gasteiger partial charge on any atom is 0.490 e. The Morgan fingerprint density at radius 1 is 1.17 bits per heavy atom.